The highest BCUT2D eigenvalue weighted by Crippen LogP contribution is 2.33. The van der Waals surface area contributed by atoms with Gasteiger partial charge in [-0.05, 0) is 31.9 Å². The minimum absolute atomic E-state index is 0.0472. The maximum Gasteiger partial charge on any atom is 0.257 e. The Balaban J connectivity index is 1.94. The fourth-order valence-electron chi connectivity index (χ4n) is 3.97. The van der Waals surface area contributed by atoms with Crippen molar-refractivity contribution in [2.75, 3.05) is 39.2 Å². The van der Waals surface area contributed by atoms with E-state index in [0.29, 0.717) is 36.5 Å². The van der Waals surface area contributed by atoms with Crippen LogP contribution in [0.25, 0.3) is 0 Å². The van der Waals surface area contributed by atoms with Crippen molar-refractivity contribution in [1.82, 2.24) is 9.80 Å². The molecule has 0 spiro atoms. The molecule has 1 aliphatic carbocycles. The van der Waals surface area contributed by atoms with E-state index in [1.165, 1.54) is 0 Å². The van der Waals surface area contributed by atoms with Gasteiger partial charge < -0.3 is 24.6 Å². The molecule has 1 aromatic rings. The van der Waals surface area contributed by atoms with Crippen LogP contribution in [0.5, 0.6) is 5.75 Å². The van der Waals surface area contributed by atoms with Gasteiger partial charge in [0, 0.05) is 57.3 Å². The topological polar surface area (TPSA) is 88.2 Å². The first kappa shape index (κ1) is 24.0. The van der Waals surface area contributed by atoms with Crippen LogP contribution in [0.2, 0.25) is 0 Å². The molecule has 0 saturated heterocycles. The fourth-order valence-corrected chi connectivity index (χ4v) is 3.97. The van der Waals surface area contributed by atoms with Gasteiger partial charge in [0.05, 0.1) is 17.7 Å². The molecule has 3 atom stereocenters. The third-order valence-electron chi connectivity index (χ3n) is 6.26. The molecule has 8 heteroatoms. The second-order valence-corrected chi connectivity index (χ2v) is 8.97. The molecule has 0 aromatic heterocycles. The van der Waals surface area contributed by atoms with Crippen molar-refractivity contribution in [3.63, 3.8) is 0 Å². The summed E-state index contributed by atoms with van der Waals surface area (Å²) in [5.41, 5.74) is 0.984. The second-order valence-electron chi connectivity index (χ2n) is 8.97. The minimum atomic E-state index is -0.211. The molecule has 3 rings (SSSR count). The SMILES string of the molecule is CCC(=O)Nc1ccc2c(c1)OC[C@@H](C)N(C(=O)C1CC1)C[C@H](C)[C@H](OC)CN(C)C2=O. The highest BCUT2D eigenvalue weighted by molar-refractivity contribution is 5.98. The number of nitrogens with zero attached hydrogens (tertiary/aromatic N) is 2. The highest BCUT2D eigenvalue weighted by Gasteiger charge is 2.37. The molecule has 0 bridgehead atoms. The highest BCUT2D eigenvalue weighted by atomic mass is 16.5. The van der Waals surface area contributed by atoms with E-state index in [2.05, 4.69) is 12.2 Å². The van der Waals surface area contributed by atoms with Crippen molar-refractivity contribution in [3.05, 3.63) is 23.8 Å². The zero-order valence-corrected chi connectivity index (χ0v) is 19.7. The summed E-state index contributed by atoms with van der Waals surface area (Å²) in [5.74, 6) is 0.407. The number of carbonyl (C=O) groups excluding carboxylic acids is 3. The first-order valence-electron chi connectivity index (χ1n) is 11.4. The molecule has 1 saturated carbocycles. The summed E-state index contributed by atoms with van der Waals surface area (Å²) >= 11 is 0. The molecular formula is C24H35N3O5. The molecule has 2 aliphatic rings. The molecule has 1 fully saturated rings. The lowest BCUT2D eigenvalue weighted by Gasteiger charge is -2.36. The number of anilines is 1. The van der Waals surface area contributed by atoms with Gasteiger partial charge in [-0.25, -0.2) is 0 Å². The Labute approximate surface area is 190 Å². The zero-order valence-electron chi connectivity index (χ0n) is 19.7. The van der Waals surface area contributed by atoms with E-state index in [-0.39, 0.29) is 48.3 Å². The number of hydrogen-bond donors (Lipinski definition) is 1. The van der Waals surface area contributed by atoms with Crippen LogP contribution in [0.15, 0.2) is 18.2 Å². The van der Waals surface area contributed by atoms with E-state index in [1.54, 1.807) is 44.2 Å². The molecule has 1 N–H and O–H groups in total. The summed E-state index contributed by atoms with van der Waals surface area (Å²) in [6.07, 6.45) is 2.01. The van der Waals surface area contributed by atoms with Crippen LogP contribution in [-0.2, 0) is 14.3 Å². The molecule has 0 radical (unpaired) electrons. The maximum atomic E-state index is 13.2. The van der Waals surface area contributed by atoms with Gasteiger partial charge in [0.15, 0.2) is 0 Å². The number of hydrogen-bond acceptors (Lipinski definition) is 5. The monoisotopic (exact) mass is 445 g/mol. The van der Waals surface area contributed by atoms with Gasteiger partial charge >= 0.3 is 0 Å². The van der Waals surface area contributed by atoms with Crippen molar-refractivity contribution < 1.29 is 23.9 Å². The van der Waals surface area contributed by atoms with Crippen molar-refractivity contribution in [2.45, 2.75) is 52.2 Å². The Kier molecular flexibility index (Phi) is 7.77. The maximum absolute atomic E-state index is 13.2. The third-order valence-corrected chi connectivity index (χ3v) is 6.26. The Morgan fingerprint density at radius 1 is 1.22 bits per heavy atom. The summed E-state index contributed by atoms with van der Waals surface area (Å²) in [5, 5.41) is 2.81. The van der Waals surface area contributed by atoms with Crippen molar-refractivity contribution in [1.29, 1.82) is 0 Å². The van der Waals surface area contributed by atoms with E-state index < -0.39 is 0 Å². The smallest absolute Gasteiger partial charge is 0.257 e. The first-order valence-corrected chi connectivity index (χ1v) is 11.4. The van der Waals surface area contributed by atoms with Crippen LogP contribution in [0.4, 0.5) is 5.69 Å². The van der Waals surface area contributed by atoms with Crippen molar-refractivity contribution >= 4 is 23.4 Å². The van der Waals surface area contributed by atoms with Gasteiger partial charge in [-0.15, -0.1) is 0 Å². The molecule has 3 amide bonds. The number of rotatable bonds is 4. The van der Waals surface area contributed by atoms with E-state index >= 15 is 0 Å². The molecule has 1 aliphatic heterocycles. The average Bonchev–Trinajstić information content (AvgIpc) is 3.63. The number of nitrogens with one attached hydrogen (secondary N) is 1. The molecular weight excluding hydrogens is 410 g/mol. The van der Waals surface area contributed by atoms with Gasteiger partial charge in [0.2, 0.25) is 11.8 Å². The molecule has 1 aromatic carbocycles. The lowest BCUT2D eigenvalue weighted by atomic mass is 10.0. The Hall–Kier alpha value is -2.61. The number of amides is 3. The summed E-state index contributed by atoms with van der Waals surface area (Å²) in [7, 11) is 3.38. The average molecular weight is 446 g/mol. The summed E-state index contributed by atoms with van der Waals surface area (Å²) < 4.78 is 11.8. The van der Waals surface area contributed by atoms with E-state index in [0.717, 1.165) is 12.8 Å². The summed E-state index contributed by atoms with van der Waals surface area (Å²) in [6.45, 7) is 6.98. The normalized spacial score (nSPS) is 24.7. The standard InChI is InChI=1S/C24H35N3O5/c1-6-22(28)25-18-9-10-19-20(11-18)32-14-16(3)27(23(29)17-7-8-17)12-15(2)21(31-5)13-26(4)24(19)30/h9-11,15-17,21H,6-8,12-14H2,1-5H3,(H,25,28)/t15-,16+,21+/m0/s1. The first-order chi connectivity index (χ1) is 15.2. The predicted octanol–water partition coefficient (Wildman–Crippen LogP) is 2.78. The van der Waals surface area contributed by atoms with Crippen molar-refractivity contribution in [3.8, 4) is 5.75 Å². The lowest BCUT2D eigenvalue weighted by molar-refractivity contribution is -0.136. The zero-order chi connectivity index (χ0) is 23.4. The number of benzene rings is 1. The molecule has 32 heavy (non-hydrogen) atoms. The molecule has 176 valence electrons. The Bertz CT molecular complexity index is 854. The number of carbonyl (C=O) groups is 3. The minimum Gasteiger partial charge on any atom is -0.491 e. The molecule has 0 unspecified atom stereocenters. The predicted molar refractivity (Wildman–Crippen MR) is 122 cm³/mol. The van der Waals surface area contributed by atoms with Crippen LogP contribution in [0.3, 0.4) is 0 Å². The Morgan fingerprint density at radius 2 is 1.94 bits per heavy atom. The van der Waals surface area contributed by atoms with Gasteiger partial charge in [0.25, 0.3) is 5.91 Å². The van der Waals surface area contributed by atoms with Gasteiger partial charge in [-0.1, -0.05) is 13.8 Å². The van der Waals surface area contributed by atoms with Crippen LogP contribution in [0, 0.1) is 11.8 Å². The largest absolute Gasteiger partial charge is 0.491 e. The number of fused-ring (bicyclic) bond motifs is 1. The van der Waals surface area contributed by atoms with Crippen LogP contribution in [-0.4, -0.2) is 73.5 Å². The second kappa shape index (κ2) is 10.3. The number of likely N-dealkylation sites (N-methyl/N-ethyl adjacent to an activating group) is 1. The Morgan fingerprint density at radius 3 is 2.56 bits per heavy atom. The van der Waals surface area contributed by atoms with Gasteiger partial charge in [-0.2, -0.15) is 0 Å². The van der Waals surface area contributed by atoms with Crippen LogP contribution in [0.1, 0.15) is 50.4 Å². The number of methoxy groups -OCH3 is 1. The lowest BCUT2D eigenvalue weighted by Crippen LogP contribution is -2.49. The van der Waals surface area contributed by atoms with E-state index in [1.807, 2.05) is 11.8 Å². The van der Waals surface area contributed by atoms with Crippen LogP contribution >= 0.6 is 0 Å². The fraction of sp³-hybridized carbons (Fsp3) is 0.625. The quantitative estimate of drug-likeness (QED) is 0.770. The summed E-state index contributed by atoms with van der Waals surface area (Å²) in [6, 6.07) is 4.89. The van der Waals surface area contributed by atoms with Crippen molar-refractivity contribution in [2.24, 2.45) is 11.8 Å². The number of ether oxygens (including phenoxy) is 2. The van der Waals surface area contributed by atoms with Crippen LogP contribution < -0.4 is 10.1 Å². The van der Waals surface area contributed by atoms with E-state index in [4.69, 9.17) is 9.47 Å². The third kappa shape index (κ3) is 5.59. The van der Waals surface area contributed by atoms with Gasteiger partial charge in [0.1, 0.15) is 12.4 Å². The van der Waals surface area contributed by atoms with Gasteiger partial charge in [-0.3, -0.25) is 14.4 Å². The molecule has 8 nitrogen and oxygen atoms in total. The summed E-state index contributed by atoms with van der Waals surface area (Å²) in [4.78, 5) is 41.6. The molecule has 1 heterocycles. The van der Waals surface area contributed by atoms with E-state index in [9.17, 15) is 14.4 Å².